The average Bonchev–Trinajstić information content (AvgIpc) is 2.44. The van der Waals surface area contributed by atoms with E-state index in [1.54, 1.807) is 38.3 Å². The molecule has 0 aliphatic carbocycles. The van der Waals surface area contributed by atoms with Crippen molar-refractivity contribution >= 4 is 18.3 Å². The number of aliphatic hydroxyl groups is 1. The lowest BCUT2D eigenvalue weighted by Crippen LogP contribution is -2.52. The average molecular weight is 317 g/mol. The third kappa shape index (κ3) is 5.91. The molecule has 1 aromatic rings. The fourth-order valence-corrected chi connectivity index (χ4v) is 1.99. The number of hydrogen-bond acceptors (Lipinski definition) is 4. The maximum absolute atomic E-state index is 11.9. The molecule has 5 nitrogen and oxygen atoms in total. The molecule has 0 bridgehead atoms. The molecule has 0 heterocycles. The van der Waals surface area contributed by atoms with Crippen LogP contribution in [0.25, 0.3) is 0 Å². The first-order valence-corrected chi connectivity index (χ1v) is 6.80. The maximum atomic E-state index is 11.9. The van der Waals surface area contributed by atoms with Crippen LogP contribution in [0.5, 0.6) is 5.75 Å². The van der Waals surface area contributed by atoms with Gasteiger partial charge < -0.3 is 20.9 Å². The van der Waals surface area contributed by atoms with Crippen LogP contribution < -0.4 is 15.8 Å². The zero-order valence-electron chi connectivity index (χ0n) is 12.8. The van der Waals surface area contributed by atoms with Crippen molar-refractivity contribution in [1.82, 2.24) is 5.32 Å². The van der Waals surface area contributed by atoms with E-state index in [1.165, 1.54) is 0 Å². The predicted octanol–water partition coefficient (Wildman–Crippen LogP) is 1.78. The maximum Gasteiger partial charge on any atom is 0.239 e. The molecule has 0 aliphatic rings. The minimum absolute atomic E-state index is 0. The smallest absolute Gasteiger partial charge is 0.239 e. The van der Waals surface area contributed by atoms with Gasteiger partial charge in [-0.2, -0.15) is 0 Å². The lowest BCUT2D eigenvalue weighted by molar-refractivity contribution is -0.126. The first kappa shape index (κ1) is 19.7. The summed E-state index contributed by atoms with van der Waals surface area (Å²) in [7, 11) is 1.57. The van der Waals surface area contributed by atoms with Gasteiger partial charge in [-0.3, -0.25) is 4.79 Å². The number of rotatable bonds is 7. The SMILES string of the molecule is CCCC(C)(N)C(=O)NCC(O)c1cccc(OC)c1.Cl. The van der Waals surface area contributed by atoms with E-state index in [0.717, 1.165) is 6.42 Å². The quantitative estimate of drug-likeness (QED) is 0.716. The molecule has 0 spiro atoms. The molecular weight excluding hydrogens is 292 g/mol. The van der Waals surface area contributed by atoms with Gasteiger partial charge in [0.2, 0.25) is 5.91 Å². The van der Waals surface area contributed by atoms with E-state index in [0.29, 0.717) is 17.7 Å². The zero-order valence-corrected chi connectivity index (χ0v) is 13.6. The Labute approximate surface area is 132 Å². The molecule has 0 radical (unpaired) electrons. The number of carbonyl (C=O) groups is 1. The number of aliphatic hydroxyl groups excluding tert-OH is 1. The van der Waals surface area contributed by atoms with Crippen molar-refractivity contribution in [2.45, 2.75) is 38.3 Å². The Morgan fingerprint density at radius 3 is 2.76 bits per heavy atom. The van der Waals surface area contributed by atoms with Gasteiger partial charge in [-0.05, 0) is 31.0 Å². The largest absolute Gasteiger partial charge is 0.497 e. The monoisotopic (exact) mass is 316 g/mol. The molecule has 0 saturated heterocycles. The summed E-state index contributed by atoms with van der Waals surface area (Å²) in [5.74, 6) is 0.420. The number of carbonyl (C=O) groups excluding carboxylic acids is 1. The van der Waals surface area contributed by atoms with Crippen LogP contribution in [0.3, 0.4) is 0 Å². The van der Waals surface area contributed by atoms with Gasteiger partial charge in [0.15, 0.2) is 0 Å². The summed E-state index contributed by atoms with van der Waals surface area (Å²) < 4.78 is 5.10. The van der Waals surface area contributed by atoms with Crippen LogP contribution in [0.15, 0.2) is 24.3 Å². The topological polar surface area (TPSA) is 84.6 Å². The molecule has 0 saturated carbocycles. The molecule has 120 valence electrons. The fraction of sp³-hybridized carbons (Fsp3) is 0.533. The van der Waals surface area contributed by atoms with Crippen molar-refractivity contribution in [3.05, 3.63) is 29.8 Å². The Hall–Kier alpha value is -1.30. The van der Waals surface area contributed by atoms with Gasteiger partial charge in [-0.25, -0.2) is 0 Å². The van der Waals surface area contributed by atoms with E-state index in [-0.39, 0.29) is 24.9 Å². The molecule has 1 aromatic carbocycles. The Morgan fingerprint density at radius 1 is 1.52 bits per heavy atom. The highest BCUT2D eigenvalue weighted by atomic mass is 35.5. The van der Waals surface area contributed by atoms with E-state index in [9.17, 15) is 9.90 Å². The number of benzene rings is 1. The van der Waals surface area contributed by atoms with E-state index in [2.05, 4.69) is 5.32 Å². The standard InChI is InChI=1S/C15H24N2O3.ClH/c1-4-8-15(2,16)14(19)17-10-13(18)11-6-5-7-12(9-11)20-3;/h5-7,9,13,18H,4,8,10,16H2,1-3H3,(H,17,19);1H. The molecule has 0 aliphatic heterocycles. The predicted molar refractivity (Wildman–Crippen MR) is 85.7 cm³/mol. The van der Waals surface area contributed by atoms with Crippen LogP contribution in [0.1, 0.15) is 38.4 Å². The summed E-state index contributed by atoms with van der Waals surface area (Å²) in [5.41, 5.74) is 5.72. The van der Waals surface area contributed by atoms with Crippen molar-refractivity contribution in [1.29, 1.82) is 0 Å². The second-order valence-corrected chi connectivity index (χ2v) is 5.17. The summed E-state index contributed by atoms with van der Waals surface area (Å²) in [6.07, 6.45) is 0.652. The normalized spacial score (nSPS) is 14.5. The van der Waals surface area contributed by atoms with Crippen molar-refractivity contribution in [3.63, 3.8) is 0 Å². The van der Waals surface area contributed by atoms with Crippen molar-refractivity contribution in [2.75, 3.05) is 13.7 Å². The van der Waals surface area contributed by atoms with Gasteiger partial charge in [0, 0.05) is 6.54 Å². The Balaban J connectivity index is 0.00000400. The molecule has 1 amide bonds. The van der Waals surface area contributed by atoms with Crippen molar-refractivity contribution < 1.29 is 14.6 Å². The van der Waals surface area contributed by atoms with Crippen LogP contribution >= 0.6 is 12.4 Å². The molecule has 21 heavy (non-hydrogen) atoms. The minimum Gasteiger partial charge on any atom is -0.497 e. The molecule has 0 aromatic heterocycles. The van der Waals surface area contributed by atoms with Crippen LogP contribution in [-0.4, -0.2) is 30.2 Å². The number of amides is 1. The van der Waals surface area contributed by atoms with E-state index >= 15 is 0 Å². The van der Waals surface area contributed by atoms with Crippen LogP contribution in [0.2, 0.25) is 0 Å². The number of halogens is 1. The lowest BCUT2D eigenvalue weighted by atomic mass is 9.96. The second-order valence-electron chi connectivity index (χ2n) is 5.17. The van der Waals surface area contributed by atoms with E-state index in [4.69, 9.17) is 10.5 Å². The Kier molecular flexibility index (Phi) is 8.32. The summed E-state index contributed by atoms with van der Waals surface area (Å²) >= 11 is 0. The van der Waals surface area contributed by atoms with Gasteiger partial charge in [-0.1, -0.05) is 25.5 Å². The summed E-state index contributed by atoms with van der Waals surface area (Å²) in [4.78, 5) is 11.9. The molecule has 0 fully saturated rings. The minimum atomic E-state index is -0.900. The van der Waals surface area contributed by atoms with Gasteiger partial charge in [0.1, 0.15) is 5.75 Å². The first-order chi connectivity index (χ1) is 9.40. The van der Waals surface area contributed by atoms with Crippen molar-refractivity contribution in [3.8, 4) is 5.75 Å². The van der Waals surface area contributed by atoms with E-state index < -0.39 is 11.6 Å². The Bertz CT molecular complexity index is 452. The molecule has 4 N–H and O–H groups in total. The number of nitrogens with one attached hydrogen (secondary N) is 1. The highest BCUT2D eigenvalue weighted by Gasteiger charge is 2.27. The summed E-state index contributed by atoms with van der Waals surface area (Å²) in [5, 5.41) is 12.8. The highest BCUT2D eigenvalue weighted by Crippen LogP contribution is 2.18. The fourth-order valence-electron chi connectivity index (χ4n) is 1.99. The van der Waals surface area contributed by atoms with Gasteiger partial charge in [-0.15, -0.1) is 12.4 Å². The number of nitrogens with two attached hydrogens (primary N) is 1. The van der Waals surface area contributed by atoms with E-state index in [1.807, 2.05) is 6.92 Å². The van der Waals surface area contributed by atoms with Gasteiger partial charge in [0.05, 0.1) is 18.8 Å². The lowest BCUT2D eigenvalue weighted by Gasteiger charge is -2.24. The molecule has 2 unspecified atom stereocenters. The van der Waals surface area contributed by atoms with Gasteiger partial charge in [0.25, 0.3) is 0 Å². The third-order valence-electron chi connectivity index (χ3n) is 3.22. The van der Waals surface area contributed by atoms with Crippen LogP contribution in [0.4, 0.5) is 0 Å². The summed E-state index contributed by atoms with van der Waals surface area (Å²) in [6.45, 7) is 3.80. The Morgan fingerprint density at radius 2 is 2.19 bits per heavy atom. The number of methoxy groups -OCH3 is 1. The van der Waals surface area contributed by atoms with Crippen LogP contribution in [0, 0.1) is 0 Å². The third-order valence-corrected chi connectivity index (χ3v) is 3.22. The van der Waals surface area contributed by atoms with Crippen LogP contribution in [-0.2, 0) is 4.79 Å². The zero-order chi connectivity index (χ0) is 15.2. The second kappa shape index (κ2) is 8.87. The van der Waals surface area contributed by atoms with Crippen molar-refractivity contribution in [2.24, 2.45) is 5.73 Å². The molecule has 6 heteroatoms. The highest BCUT2D eigenvalue weighted by molar-refractivity contribution is 5.85. The summed E-state index contributed by atoms with van der Waals surface area (Å²) in [6, 6.07) is 7.12. The van der Waals surface area contributed by atoms with Gasteiger partial charge >= 0.3 is 0 Å². The molecule has 1 rings (SSSR count). The number of ether oxygens (including phenoxy) is 1. The molecular formula is C15H25ClN2O3. The molecule has 2 atom stereocenters. The number of hydrogen-bond donors (Lipinski definition) is 3. The first-order valence-electron chi connectivity index (χ1n) is 6.80.